The highest BCUT2D eigenvalue weighted by Crippen LogP contribution is 2.17. The Morgan fingerprint density at radius 2 is 1.69 bits per heavy atom. The van der Waals surface area contributed by atoms with Gasteiger partial charge in [-0.25, -0.2) is 13.6 Å². The standard InChI is InChI=1S/C20H19F2N3O4/c1-11(23)17(19(24)25-12-6-8-13(28-2)9-7-12)20(27)29-10-16(26)18-14(21)4-3-5-15(18)22/h3-9,23,25H,10,24H2,1-2H3/b19-17+,23-11?. The van der Waals surface area contributed by atoms with Crippen LogP contribution in [0.3, 0.4) is 0 Å². The fourth-order valence-corrected chi connectivity index (χ4v) is 2.40. The molecule has 152 valence electrons. The van der Waals surface area contributed by atoms with Crippen LogP contribution in [0, 0.1) is 17.0 Å². The summed E-state index contributed by atoms with van der Waals surface area (Å²) in [5, 5.41) is 10.5. The number of Topliss-reactive ketones (excluding diaryl/α,β-unsaturated/α-hetero) is 1. The van der Waals surface area contributed by atoms with Crippen molar-refractivity contribution in [2.45, 2.75) is 6.92 Å². The Hall–Kier alpha value is -3.75. The quantitative estimate of drug-likeness (QED) is 0.270. The number of halogens is 2. The van der Waals surface area contributed by atoms with E-state index in [1.165, 1.54) is 14.0 Å². The number of ether oxygens (including phenoxy) is 2. The molecule has 0 aromatic heterocycles. The average molecular weight is 403 g/mol. The predicted octanol–water partition coefficient (Wildman–Crippen LogP) is 3.02. The predicted molar refractivity (Wildman–Crippen MR) is 103 cm³/mol. The number of nitrogens with one attached hydrogen (secondary N) is 2. The molecule has 0 radical (unpaired) electrons. The monoisotopic (exact) mass is 403 g/mol. The van der Waals surface area contributed by atoms with Gasteiger partial charge in [0.2, 0.25) is 5.78 Å². The molecule has 29 heavy (non-hydrogen) atoms. The summed E-state index contributed by atoms with van der Waals surface area (Å²) in [4.78, 5) is 24.3. The number of anilines is 1. The topological polar surface area (TPSA) is 114 Å². The molecule has 9 heteroatoms. The largest absolute Gasteiger partial charge is 0.497 e. The Kier molecular flexibility index (Phi) is 7.02. The highest BCUT2D eigenvalue weighted by molar-refractivity contribution is 6.18. The minimum Gasteiger partial charge on any atom is -0.497 e. The second kappa shape index (κ2) is 9.45. The van der Waals surface area contributed by atoms with Crippen molar-refractivity contribution < 1.29 is 27.8 Å². The lowest BCUT2D eigenvalue weighted by atomic mass is 10.1. The molecule has 0 saturated heterocycles. The van der Waals surface area contributed by atoms with Gasteiger partial charge >= 0.3 is 5.97 Å². The molecule has 0 fully saturated rings. The normalized spacial score (nSPS) is 11.3. The maximum Gasteiger partial charge on any atom is 0.344 e. The first-order valence-corrected chi connectivity index (χ1v) is 8.35. The maximum absolute atomic E-state index is 13.7. The molecule has 0 heterocycles. The highest BCUT2D eigenvalue weighted by Gasteiger charge is 2.22. The summed E-state index contributed by atoms with van der Waals surface area (Å²) in [6.45, 7) is 0.390. The molecule has 0 aliphatic carbocycles. The van der Waals surface area contributed by atoms with Gasteiger partial charge in [0.15, 0.2) is 6.61 Å². The summed E-state index contributed by atoms with van der Waals surface area (Å²) in [7, 11) is 1.51. The maximum atomic E-state index is 13.7. The smallest absolute Gasteiger partial charge is 0.344 e. The van der Waals surface area contributed by atoms with E-state index < -0.39 is 35.6 Å². The Morgan fingerprint density at radius 1 is 1.10 bits per heavy atom. The zero-order valence-electron chi connectivity index (χ0n) is 15.7. The van der Waals surface area contributed by atoms with Gasteiger partial charge in [-0.15, -0.1) is 0 Å². The third-order valence-electron chi connectivity index (χ3n) is 3.79. The molecule has 0 bridgehead atoms. The van der Waals surface area contributed by atoms with Crippen LogP contribution in [0.4, 0.5) is 14.5 Å². The summed E-state index contributed by atoms with van der Waals surface area (Å²) >= 11 is 0. The third-order valence-corrected chi connectivity index (χ3v) is 3.79. The average Bonchev–Trinajstić information content (AvgIpc) is 2.66. The number of rotatable bonds is 8. The second-order valence-corrected chi connectivity index (χ2v) is 5.86. The van der Waals surface area contributed by atoms with Gasteiger partial charge < -0.3 is 25.9 Å². The van der Waals surface area contributed by atoms with Crippen LogP contribution in [0.15, 0.2) is 53.9 Å². The van der Waals surface area contributed by atoms with Crippen LogP contribution in [-0.2, 0) is 9.53 Å². The number of nitrogens with two attached hydrogens (primary N) is 1. The lowest BCUT2D eigenvalue weighted by Crippen LogP contribution is -2.25. The van der Waals surface area contributed by atoms with E-state index in [0.29, 0.717) is 11.4 Å². The van der Waals surface area contributed by atoms with Crippen molar-refractivity contribution in [2.75, 3.05) is 19.0 Å². The number of carbonyl (C=O) groups excluding carboxylic acids is 2. The molecule has 2 aromatic rings. The van der Waals surface area contributed by atoms with E-state index in [9.17, 15) is 18.4 Å². The van der Waals surface area contributed by atoms with E-state index in [1.54, 1.807) is 24.3 Å². The fourth-order valence-electron chi connectivity index (χ4n) is 2.40. The van der Waals surface area contributed by atoms with Gasteiger partial charge in [0.05, 0.1) is 12.7 Å². The zero-order chi connectivity index (χ0) is 21.6. The fraction of sp³-hybridized carbons (Fsp3) is 0.150. The molecule has 0 unspecified atom stereocenters. The highest BCUT2D eigenvalue weighted by atomic mass is 19.1. The molecule has 0 spiro atoms. The third kappa shape index (κ3) is 5.38. The van der Waals surface area contributed by atoms with E-state index in [0.717, 1.165) is 18.2 Å². The van der Waals surface area contributed by atoms with Crippen LogP contribution in [0.25, 0.3) is 0 Å². The van der Waals surface area contributed by atoms with E-state index >= 15 is 0 Å². The minimum absolute atomic E-state index is 0.183. The van der Waals surface area contributed by atoms with Gasteiger partial charge in [0.1, 0.15) is 28.8 Å². The molecule has 4 N–H and O–H groups in total. The SMILES string of the molecule is COc1ccc(N/C(N)=C(\C(C)=N)C(=O)OCC(=O)c2c(F)cccc2F)cc1. The first-order valence-electron chi connectivity index (χ1n) is 8.35. The van der Waals surface area contributed by atoms with Gasteiger partial charge in [-0.3, -0.25) is 4.79 Å². The van der Waals surface area contributed by atoms with Crippen molar-refractivity contribution in [1.82, 2.24) is 0 Å². The Bertz CT molecular complexity index is 952. The summed E-state index contributed by atoms with van der Waals surface area (Å²) in [6, 6.07) is 9.54. The Labute approximate surface area is 165 Å². The molecule has 0 aliphatic rings. The molecular formula is C20H19F2N3O4. The van der Waals surface area contributed by atoms with Crippen molar-refractivity contribution in [3.63, 3.8) is 0 Å². The van der Waals surface area contributed by atoms with Crippen LogP contribution in [0.5, 0.6) is 5.75 Å². The lowest BCUT2D eigenvalue weighted by molar-refractivity contribution is -0.137. The summed E-state index contributed by atoms with van der Waals surface area (Å²) in [5.41, 5.74) is 5.05. The zero-order valence-corrected chi connectivity index (χ0v) is 15.7. The van der Waals surface area contributed by atoms with Gasteiger partial charge in [0.25, 0.3) is 0 Å². The second-order valence-electron chi connectivity index (χ2n) is 5.86. The summed E-state index contributed by atoms with van der Waals surface area (Å²) in [5.74, 6) is -3.84. The molecule has 2 aromatic carbocycles. The molecule has 0 amide bonds. The Morgan fingerprint density at radius 3 is 2.21 bits per heavy atom. The number of ketones is 1. The van der Waals surface area contributed by atoms with E-state index in [4.69, 9.17) is 20.6 Å². The number of hydrogen-bond acceptors (Lipinski definition) is 7. The van der Waals surface area contributed by atoms with Crippen LogP contribution >= 0.6 is 0 Å². The number of hydrogen-bond donors (Lipinski definition) is 3. The number of methoxy groups -OCH3 is 1. The molecule has 0 aliphatic heterocycles. The first kappa shape index (κ1) is 21.5. The number of benzene rings is 2. The van der Waals surface area contributed by atoms with Gasteiger partial charge in [-0.1, -0.05) is 6.07 Å². The van der Waals surface area contributed by atoms with Gasteiger partial charge in [0, 0.05) is 11.4 Å². The molecule has 0 saturated carbocycles. The molecule has 2 rings (SSSR count). The minimum atomic E-state index is -1.08. The van der Waals surface area contributed by atoms with Crippen LogP contribution in [-0.4, -0.2) is 31.2 Å². The molecule has 7 nitrogen and oxygen atoms in total. The van der Waals surface area contributed by atoms with E-state index in [1.807, 2.05) is 0 Å². The van der Waals surface area contributed by atoms with Gasteiger partial charge in [-0.05, 0) is 43.3 Å². The van der Waals surface area contributed by atoms with Crippen molar-refractivity contribution >= 4 is 23.2 Å². The van der Waals surface area contributed by atoms with Crippen LogP contribution < -0.4 is 15.8 Å². The van der Waals surface area contributed by atoms with Crippen molar-refractivity contribution in [3.05, 3.63) is 71.1 Å². The molecular weight excluding hydrogens is 384 g/mol. The van der Waals surface area contributed by atoms with Crippen LogP contribution in [0.2, 0.25) is 0 Å². The number of carbonyl (C=O) groups is 2. The van der Waals surface area contributed by atoms with Crippen LogP contribution in [0.1, 0.15) is 17.3 Å². The summed E-state index contributed by atoms with van der Waals surface area (Å²) in [6.07, 6.45) is 0. The lowest BCUT2D eigenvalue weighted by Gasteiger charge is -2.13. The molecule has 0 atom stereocenters. The van der Waals surface area contributed by atoms with Crippen molar-refractivity contribution in [1.29, 1.82) is 5.41 Å². The summed E-state index contributed by atoms with van der Waals surface area (Å²) < 4.78 is 37.2. The van der Waals surface area contributed by atoms with Crippen molar-refractivity contribution in [3.8, 4) is 5.75 Å². The van der Waals surface area contributed by atoms with E-state index in [-0.39, 0.29) is 17.1 Å². The van der Waals surface area contributed by atoms with E-state index in [2.05, 4.69) is 5.32 Å². The number of esters is 1. The first-order chi connectivity index (χ1) is 13.7. The van der Waals surface area contributed by atoms with Gasteiger partial charge in [-0.2, -0.15) is 0 Å². The Balaban J connectivity index is 2.14. The van der Waals surface area contributed by atoms with Crippen molar-refractivity contribution in [2.24, 2.45) is 5.73 Å².